The van der Waals surface area contributed by atoms with Crippen LogP contribution in [0.5, 0.6) is 0 Å². The third-order valence-corrected chi connectivity index (χ3v) is 23.8. The Morgan fingerprint density at radius 1 is 0.202 bits per heavy atom. The van der Waals surface area contributed by atoms with E-state index in [2.05, 4.69) is 126 Å². The van der Waals surface area contributed by atoms with Crippen molar-refractivity contribution in [2.75, 3.05) is 0 Å². The van der Waals surface area contributed by atoms with Gasteiger partial charge in [-0.25, -0.2) is 19.9 Å². The molecule has 3 aromatic heterocycles. The summed E-state index contributed by atoms with van der Waals surface area (Å²) in [5, 5.41) is 5.34. The molecule has 2 aliphatic rings. The average Bonchev–Trinajstić information content (AvgIpc) is 1.58. The van der Waals surface area contributed by atoms with E-state index in [1.165, 1.54) is 397 Å². The number of aryl methyl sites for hydroxylation is 8. The molecule has 6 heteroatoms. The van der Waals surface area contributed by atoms with E-state index in [-0.39, 0.29) is 0 Å². The lowest BCUT2D eigenvalue weighted by Gasteiger charge is -2.14. The number of aromatic nitrogens is 6. The van der Waals surface area contributed by atoms with Gasteiger partial charge in [0.2, 0.25) is 0 Å². The average molecular weight is 1410 g/mol. The van der Waals surface area contributed by atoms with Gasteiger partial charge in [-0.2, -0.15) is 0 Å². The molecular weight excluding hydrogens is 1260 g/mol. The fraction of sp³-hybridized carbons (Fsp3) is 0.653. The van der Waals surface area contributed by atoms with Crippen molar-refractivity contribution in [2.24, 2.45) is 0 Å². The minimum absolute atomic E-state index is 0.891. The lowest BCUT2D eigenvalue weighted by molar-refractivity contribution is 0.606. The molecule has 2 aliphatic heterocycles. The highest BCUT2D eigenvalue weighted by Crippen LogP contribution is 2.46. The Balaban J connectivity index is 1.42. The van der Waals surface area contributed by atoms with Crippen LogP contribution in [0.2, 0.25) is 0 Å². The lowest BCUT2D eigenvalue weighted by atomic mass is 9.89. The van der Waals surface area contributed by atoms with E-state index in [0.29, 0.717) is 0 Å². The van der Waals surface area contributed by atoms with Crippen LogP contribution in [0.1, 0.15) is 408 Å². The predicted molar refractivity (Wildman–Crippen MR) is 457 cm³/mol. The van der Waals surface area contributed by atoms with Gasteiger partial charge in [0.1, 0.15) is 11.3 Å². The molecule has 0 unspecified atom stereocenters. The number of nitrogens with zero attached hydrogens (tertiary/aromatic N) is 4. The van der Waals surface area contributed by atoms with Crippen LogP contribution >= 0.6 is 0 Å². The monoisotopic (exact) mass is 1410 g/mol. The molecule has 0 spiro atoms. The van der Waals surface area contributed by atoms with Crippen LogP contribution in [-0.4, -0.2) is 29.9 Å². The molecule has 0 saturated carbocycles. The maximum absolute atomic E-state index is 6.22. The van der Waals surface area contributed by atoms with Gasteiger partial charge in [-0.15, -0.1) is 0 Å². The molecule has 6 nitrogen and oxygen atoms in total. The van der Waals surface area contributed by atoms with E-state index in [9.17, 15) is 0 Å². The van der Waals surface area contributed by atoms with Crippen LogP contribution < -0.4 is 0 Å². The molecular formula is C98H148N6. The second-order valence-corrected chi connectivity index (χ2v) is 32.6. The fourth-order valence-corrected chi connectivity index (χ4v) is 17.6. The quantitative estimate of drug-likeness (QED) is 0.0372. The molecule has 7 aromatic rings. The molecule has 9 rings (SSSR count). The van der Waals surface area contributed by atoms with Crippen LogP contribution in [0, 0.1) is 0 Å². The lowest BCUT2D eigenvalue weighted by Crippen LogP contribution is -1.98. The van der Waals surface area contributed by atoms with Gasteiger partial charge >= 0.3 is 0 Å². The van der Waals surface area contributed by atoms with E-state index in [4.69, 9.17) is 19.9 Å². The number of fused-ring (bicyclic) bond motifs is 20. The largest absolute Gasteiger partial charge is 0.339 e. The zero-order chi connectivity index (χ0) is 72.8. The molecule has 0 radical (unpaired) electrons. The summed E-state index contributed by atoms with van der Waals surface area (Å²) in [6.07, 6.45) is 69.4. The van der Waals surface area contributed by atoms with Crippen molar-refractivity contribution in [1.29, 1.82) is 0 Å². The number of hydrogen-bond donors (Lipinski definition) is 2. The summed E-state index contributed by atoms with van der Waals surface area (Å²) < 4.78 is 0. The van der Waals surface area contributed by atoms with Gasteiger partial charge in [0.15, 0.2) is 11.6 Å². The highest BCUT2D eigenvalue weighted by atomic mass is 15.0. The van der Waals surface area contributed by atoms with E-state index < -0.39 is 0 Å². The van der Waals surface area contributed by atoms with Gasteiger partial charge < -0.3 is 9.97 Å². The molecule has 0 amide bonds. The van der Waals surface area contributed by atoms with Crippen LogP contribution in [0.15, 0.2) is 60.7 Å². The summed E-state index contributed by atoms with van der Waals surface area (Å²) in [6.45, 7) is 18.7. The molecule has 0 atom stereocenters. The molecule has 2 N–H and O–H groups in total. The number of aromatic amines is 2. The first-order chi connectivity index (χ1) is 51.4. The maximum Gasteiger partial charge on any atom is 0.163 e. The molecule has 0 fully saturated rings. The first kappa shape index (κ1) is 82.4. The second kappa shape index (κ2) is 47.2. The number of unbranched alkanes of at least 4 members (excludes halogenated alkanes) is 40. The third-order valence-electron chi connectivity index (χ3n) is 23.8. The van der Waals surface area contributed by atoms with E-state index in [1.54, 1.807) is 0 Å². The van der Waals surface area contributed by atoms with Crippen LogP contribution in [0.25, 0.3) is 89.2 Å². The molecule has 0 saturated heterocycles. The predicted octanol–water partition coefficient (Wildman–Crippen LogP) is 31.3. The third kappa shape index (κ3) is 24.2. The van der Waals surface area contributed by atoms with Crippen LogP contribution in [0.3, 0.4) is 0 Å². The molecule has 5 heterocycles. The normalized spacial score (nSPS) is 12.1. The summed E-state index contributed by atoms with van der Waals surface area (Å²) in [5.41, 5.74) is 23.1. The molecule has 4 aromatic carbocycles. The molecule has 104 heavy (non-hydrogen) atoms. The Morgan fingerprint density at radius 3 is 0.635 bits per heavy atom. The number of hydrogen-bond acceptors (Lipinski definition) is 4. The molecule has 8 bridgehead atoms. The van der Waals surface area contributed by atoms with Crippen molar-refractivity contribution < 1.29 is 0 Å². The van der Waals surface area contributed by atoms with Crippen molar-refractivity contribution in [2.45, 2.75) is 415 Å². The maximum atomic E-state index is 6.22. The van der Waals surface area contributed by atoms with Gasteiger partial charge in [0, 0.05) is 43.8 Å². The zero-order valence-corrected chi connectivity index (χ0v) is 68.2. The van der Waals surface area contributed by atoms with E-state index in [1.807, 2.05) is 0 Å². The summed E-state index contributed by atoms with van der Waals surface area (Å²) in [4.78, 5) is 33.3. The number of nitrogens with one attached hydrogen (secondary N) is 2. The zero-order valence-electron chi connectivity index (χ0n) is 68.2. The van der Waals surface area contributed by atoms with Crippen molar-refractivity contribution in [3.63, 3.8) is 0 Å². The van der Waals surface area contributed by atoms with Gasteiger partial charge in [-0.05, 0) is 159 Å². The number of H-pyrrole nitrogens is 2. The minimum atomic E-state index is 0.891. The van der Waals surface area contributed by atoms with Crippen LogP contribution in [-0.2, 0) is 51.4 Å². The highest BCUT2D eigenvalue weighted by Gasteiger charge is 2.29. The standard InChI is InChI=1S/C98H148N6/c1-9-17-25-33-41-49-57-75-65-69-79(61-53-45-37-29-21-13-5)91-87(75)83-73-84-88-76(58-50-42-34-26-18-10-2)66-70-80(62-54-46-38-30-22-14-6)92(88)97(100-84)104-98-94-82(64-56-48-40-32-24-16-8)72-68-78(60-52-44-36-28-20-12-4)90(94)86(102-98)74-85-89-77(59-51-43-35-27-19-11-3)67-71-81(63-55-47-39-31-23-15-7)93(89)96(101-85)103-95(91)99-83/h65-74H,9-64H2,1-8H3,(H,99,101,103)(H,100,102,104). The van der Waals surface area contributed by atoms with Gasteiger partial charge in [-0.3, -0.25) is 0 Å². The van der Waals surface area contributed by atoms with Gasteiger partial charge in [0.05, 0.1) is 22.4 Å². The Morgan fingerprint density at radius 2 is 0.394 bits per heavy atom. The van der Waals surface area contributed by atoms with Gasteiger partial charge in [-0.1, -0.05) is 361 Å². The van der Waals surface area contributed by atoms with E-state index in [0.717, 1.165) is 96.7 Å². The summed E-state index contributed by atoms with van der Waals surface area (Å²) >= 11 is 0. The van der Waals surface area contributed by atoms with Crippen molar-refractivity contribution in [3.05, 3.63) is 105 Å². The highest BCUT2D eigenvalue weighted by molar-refractivity contribution is 6.12. The van der Waals surface area contributed by atoms with Crippen molar-refractivity contribution >= 4 is 43.9 Å². The SMILES string of the molecule is CCCCCCCCc1ccc(CCCCCCCC)c2c1-c1cc3[nH]c(nc4nc(cc5[nH]c(nc-2n1)c1c(CCCCCCCC)ccc(CCCCCCCC)c51)-c1c(CCCCCCCC)ccc(CCCCCCCC)c1-4)c1c(CCCCCCCC)ccc(CCCCCCCC)c31. The Kier molecular flexibility index (Phi) is 37.4. The van der Waals surface area contributed by atoms with Crippen molar-refractivity contribution in [3.8, 4) is 45.3 Å². The number of rotatable bonds is 56. The van der Waals surface area contributed by atoms with Crippen LogP contribution in [0.4, 0.5) is 0 Å². The molecule has 0 aliphatic carbocycles. The minimum Gasteiger partial charge on any atom is -0.339 e. The Hall–Kier alpha value is -5.62. The number of benzene rings is 4. The van der Waals surface area contributed by atoms with Crippen molar-refractivity contribution in [1.82, 2.24) is 29.9 Å². The van der Waals surface area contributed by atoms with E-state index >= 15 is 0 Å². The fourth-order valence-electron chi connectivity index (χ4n) is 17.6. The smallest absolute Gasteiger partial charge is 0.163 e. The molecule has 570 valence electrons. The first-order valence-corrected chi connectivity index (χ1v) is 45.1. The Bertz CT molecular complexity index is 3320. The summed E-state index contributed by atoms with van der Waals surface area (Å²) in [7, 11) is 0. The summed E-state index contributed by atoms with van der Waals surface area (Å²) in [6, 6.07) is 25.4. The Labute approximate surface area is 635 Å². The first-order valence-electron chi connectivity index (χ1n) is 45.1. The topological polar surface area (TPSA) is 83.1 Å². The second-order valence-electron chi connectivity index (χ2n) is 32.6. The van der Waals surface area contributed by atoms with Gasteiger partial charge in [0.25, 0.3) is 0 Å². The summed E-state index contributed by atoms with van der Waals surface area (Å²) in [5.74, 6) is 1.78.